The predicted molar refractivity (Wildman–Crippen MR) is 364 cm³/mol. The summed E-state index contributed by atoms with van der Waals surface area (Å²) in [7, 11) is -9.42. The van der Waals surface area contributed by atoms with Gasteiger partial charge in [-0.05, 0) is 96.7 Å². The number of fused-ring (bicyclic) bond motifs is 6. The van der Waals surface area contributed by atoms with Crippen molar-refractivity contribution in [2.45, 2.75) is 181 Å². The molecule has 8 aromatic carbocycles. The van der Waals surface area contributed by atoms with Crippen LogP contribution in [0.2, 0.25) is 24.2 Å². The SMILES string of the molecule is CCCCCCC[Si](CCCCCC)(n1c2ccccc2c2cc(C)ccc21)[Si](c1ccc(-c2ccccc2)cc1)(c1ccc(-c2ccccc2)cc1)[Si](CCCCCC)(CCCCCCC)n1c2ccccc2c2cc(C)ccc21. The second kappa shape index (κ2) is 27.4. The van der Waals surface area contributed by atoms with Crippen LogP contribution < -0.4 is 10.4 Å². The van der Waals surface area contributed by atoms with Crippen LogP contribution in [0.4, 0.5) is 0 Å². The van der Waals surface area contributed by atoms with Gasteiger partial charge in [0.1, 0.15) is 0 Å². The first kappa shape index (κ1) is 58.2. The lowest BCUT2D eigenvalue weighted by molar-refractivity contribution is 0.647. The largest absolute Gasteiger partial charge is 0.369 e. The van der Waals surface area contributed by atoms with Crippen molar-refractivity contribution in [3.05, 3.63) is 205 Å². The molecule has 0 N–H and O–H groups in total. The van der Waals surface area contributed by atoms with Crippen molar-refractivity contribution < 1.29 is 0 Å². The number of aryl methyl sites for hydroxylation is 2. The zero-order chi connectivity index (χ0) is 56.1. The summed E-state index contributed by atoms with van der Waals surface area (Å²) in [5, 5.41) is 9.19. The van der Waals surface area contributed by atoms with Gasteiger partial charge in [0.2, 0.25) is 0 Å². The minimum absolute atomic E-state index is 1.24. The molecule has 81 heavy (non-hydrogen) atoms. The first-order valence-electron chi connectivity index (χ1n) is 32.2. The molecule has 0 aliphatic heterocycles. The van der Waals surface area contributed by atoms with Gasteiger partial charge in [0, 0.05) is 43.6 Å². The highest BCUT2D eigenvalue weighted by atomic mass is 29.6. The van der Waals surface area contributed by atoms with Gasteiger partial charge in [-0.25, -0.2) is 0 Å². The molecule has 420 valence electrons. The van der Waals surface area contributed by atoms with Crippen LogP contribution in [0.15, 0.2) is 194 Å². The van der Waals surface area contributed by atoms with E-state index < -0.39 is 22.6 Å². The third kappa shape index (κ3) is 11.6. The molecule has 0 saturated heterocycles. The van der Waals surface area contributed by atoms with Gasteiger partial charge in [0.05, 0.1) is 0 Å². The summed E-state index contributed by atoms with van der Waals surface area (Å²) in [6.07, 6.45) is 22.9. The number of unbranched alkanes of at least 4 members (excludes halogenated alkanes) is 14. The Morgan fingerprint density at radius 2 is 0.568 bits per heavy atom. The third-order valence-corrected chi connectivity index (χ3v) is 56.2. The molecule has 2 aromatic heterocycles. The Balaban J connectivity index is 1.49. The summed E-state index contributed by atoms with van der Waals surface area (Å²) in [6, 6.07) is 84.2. The molecule has 10 aromatic rings. The minimum Gasteiger partial charge on any atom is -0.369 e. The van der Waals surface area contributed by atoms with Crippen molar-refractivity contribution in [1.29, 1.82) is 0 Å². The van der Waals surface area contributed by atoms with Gasteiger partial charge >= 0.3 is 0 Å². The molecule has 0 aliphatic carbocycles. The summed E-state index contributed by atoms with van der Waals surface area (Å²) in [5.74, 6) is 0. The molecule has 0 saturated carbocycles. The molecule has 10 rings (SSSR count). The van der Waals surface area contributed by atoms with Crippen LogP contribution >= 0.6 is 0 Å². The number of benzene rings is 8. The van der Waals surface area contributed by atoms with Crippen molar-refractivity contribution >= 4 is 76.6 Å². The quantitative estimate of drug-likeness (QED) is 0.0314. The van der Waals surface area contributed by atoms with E-state index in [4.69, 9.17) is 0 Å². The summed E-state index contributed by atoms with van der Waals surface area (Å²) in [4.78, 5) is 0. The lowest BCUT2D eigenvalue weighted by atomic mass is 10.1. The average molecular weight is 1120 g/mol. The number of aromatic nitrogens is 2. The molecule has 0 aliphatic rings. The second-order valence-corrected chi connectivity index (χ2v) is 45.7. The van der Waals surface area contributed by atoms with Gasteiger partial charge in [-0.15, -0.1) is 0 Å². The lowest BCUT2D eigenvalue weighted by Gasteiger charge is -2.60. The first-order valence-corrected chi connectivity index (χ1v) is 40.9. The molecule has 0 fully saturated rings. The number of rotatable bonds is 30. The van der Waals surface area contributed by atoms with Crippen LogP contribution in [0.25, 0.3) is 65.9 Å². The Bertz CT molecular complexity index is 3340. The topological polar surface area (TPSA) is 9.86 Å². The standard InChI is InChI=1S/C76H94N2Si3/c1-7-11-15-19-33-57-79(55-31-17-13-9-3,77-73-41-29-27-39-69(73)71-59-61(5)43-53-75(71)77)81(67-49-45-65(46-50-67)63-35-23-21-24-36-63,68-51-47-66(48-52-68)64-37-25-22-26-38-64)80(56-32-18-14-10-4,58-34-20-16-12-8-2)78-74-42-30-28-40-70(74)72-60-62(6)44-54-76(72)78/h21-30,35-54,59-60H,7-20,31-34,55-58H2,1-6H3. The number of hydrogen-bond donors (Lipinski definition) is 0. The van der Waals surface area contributed by atoms with Crippen molar-refractivity contribution in [1.82, 2.24) is 8.47 Å². The molecule has 2 unspecified atom stereocenters. The van der Waals surface area contributed by atoms with Crippen molar-refractivity contribution in [3.8, 4) is 22.3 Å². The van der Waals surface area contributed by atoms with Crippen LogP contribution in [0.5, 0.6) is 0 Å². The van der Waals surface area contributed by atoms with Gasteiger partial charge in [-0.3, -0.25) is 0 Å². The molecule has 0 bridgehead atoms. The van der Waals surface area contributed by atoms with Crippen molar-refractivity contribution in [2.24, 2.45) is 0 Å². The zero-order valence-electron chi connectivity index (χ0n) is 50.4. The van der Waals surface area contributed by atoms with E-state index in [-0.39, 0.29) is 0 Å². The van der Waals surface area contributed by atoms with E-state index in [1.54, 1.807) is 10.4 Å². The smallest absolute Gasteiger partial charge is 0.161 e. The molecule has 2 atom stereocenters. The molecule has 0 amide bonds. The summed E-state index contributed by atoms with van der Waals surface area (Å²) < 4.78 is 6.60. The molecule has 5 heteroatoms. The lowest BCUT2D eigenvalue weighted by Crippen LogP contribution is -2.92. The van der Waals surface area contributed by atoms with E-state index in [0.717, 1.165) is 0 Å². The van der Waals surface area contributed by atoms with Gasteiger partial charge in [0.15, 0.2) is 22.6 Å². The molecule has 2 nitrogen and oxygen atoms in total. The predicted octanol–water partition coefficient (Wildman–Crippen LogP) is 21.7. The van der Waals surface area contributed by atoms with E-state index in [1.807, 2.05) is 0 Å². The third-order valence-electron chi connectivity index (χ3n) is 19.0. The van der Waals surface area contributed by atoms with Crippen LogP contribution in [-0.4, -0.2) is 31.1 Å². The van der Waals surface area contributed by atoms with E-state index >= 15 is 0 Å². The normalized spacial score (nSPS) is 13.6. The fourth-order valence-electron chi connectivity index (χ4n) is 15.4. The maximum Gasteiger partial charge on any atom is 0.161 e. The Labute approximate surface area is 490 Å². The molecule has 0 spiro atoms. The van der Waals surface area contributed by atoms with Gasteiger partial charge < -0.3 is 8.47 Å². The monoisotopic (exact) mass is 1120 g/mol. The molecular formula is C76H94N2Si3. The van der Waals surface area contributed by atoms with Crippen LogP contribution in [-0.2, 0) is 0 Å². The van der Waals surface area contributed by atoms with E-state index in [1.165, 1.54) is 217 Å². The first-order chi connectivity index (χ1) is 39.9. The van der Waals surface area contributed by atoms with E-state index in [0.29, 0.717) is 0 Å². The maximum atomic E-state index is 3.30. The van der Waals surface area contributed by atoms with E-state index in [2.05, 4.69) is 244 Å². The van der Waals surface area contributed by atoms with Gasteiger partial charge in [0.25, 0.3) is 0 Å². The molecular weight excluding hydrogens is 1030 g/mol. The highest BCUT2D eigenvalue weighted by Gasteiger charge is 2.71. The number of para-hydroxylation sites is 2. The average Bonchev–Trinajstić information content (AvgIpc) is 3.34. The Hall–Kier alpha value is -5.99. The maximum absolute atomic E-state index is 3.31. The van der Waals surface area contributed by atoms with Crippen LogP contribution in [0.3, 0.4) is 0 Å². The zero-order valence-corrected chi connectivity index (χ0v) is 53.4. The Kier molecular flexibility index (Phi) is 19.7. The number of nitrogens with zero attached hydrogens (tertiary/aromatic N) is 2. The van der Waals surface area contributed by atoms with Crippen molar-refractivity contribution in [3.63, 3.8) is 0 Å². The van der Waals surface area contributed by atoms with Crippen LogP contribution in [0, 0.1) is 13.8 Å². The fourth-order valence-corrected chi connectivity index (χ4v) is 65.0. The van der Waals surface area contributed by atoms with Gasteiger partial charge in [-0.2, -0.15) is 0 Å². The Morgan fingerprint density at radius 1 is 0.272 bits per heavy atom. The fraction of sp³-hybridized carbons (Fsp3) is 0.368. The highest BCUT2D eigenvalue weighted by Crippen LogP contribution is 2.50. The summed E-state index contributed by atoms with van der Waals surface area (Å²) >= 11 is 0. The van der Waals surface area contributed by atoms with Crippen LogP contribution in [0.1, 0.15) is 154 Å². The number of hydrogen-bond acceptors (Lipinski definition) is 0. The Morgan fingerprint density at radius 3 is 0.926 bits per heavy atom. The summed E-state index contributed by atoms with van der Waals surface area (Å²) in [5.41, 5.74) is 13.9. The van der Waals surface area contributed by atoms with Gasteiger partial charge in [-0.1, -0.05) is 322 Å². The minimum atomic E-state index is -3.31. The summed E-state index contributed by atoms with van der Waals surface area (Å²) in [6.45, 7) is 14.3. The molecule has 2 heterocycles. The highest BCUT2D eigenvalue weighted by molar-refractivity contribution is 7.77. The molecule has 0 radical (unpaired) electrons. The van der Waals surface area contributed by atoms with E-state index in [9.17, 15) is 0 Å². The van der Waals surface area contributed by atoms with Crippen molar-refractivity contribution in [2.75, 3.05) is 0 Å². The second-order valence-electron chi connectivity index (χ2n) is 24.4.